The van der Waals surface area contributed by atoms with Crippen LogP contribution in [0.2, 0.25) is 0 Å². The lowest BCUT2D eigenvalue weighted by Gasteiger charge is -2.32. The van der Waals surface area contributed by atoms with E-state index >= 15 is 0 Å². The molecule has 2 rings (SSSR count). The molecule has 4 heteroatoms. The molecule has 0 bridgehead atoms. The van der Waals surface area contributed by atoms with E-state index in [9.17, 15) is 0 Å². The predicted molar refractivity (Wildman–Crippen MR) is 65.3 cm³/mol. The molecule has 0 atom stereocenters. The van der Waals surface area contributed by atoms with Crippen LogP contribution in [0.4, 0.5) is 11.5 Å². The Morgan fingerprint density at radius 3 is 2.69 bits per heavy atom. The number of hydrogen-bond acceptors (Lipinski definition) is 4. The molecule has 2 heterocycles. The number of piperidine rings is 1. The SMILES string of the molecule is Nc1ccc(N2CCC(CCO)CC2)nc1. The van der Waals surface area contributed by atoms with Gasteiger partial charge in [0.25, 0.3) is 0 Å². The Morgan fingerprint density at radius 1 is 1.38 bits per heavy atom. The molecule has 0 radical (unpaired) electrons. The minimum atomic E-state index is 0.310. The van der Waals surface area contributed by atoms with Crippen molar-refractivity contribution in [1.82, 2.24) is 4.98 Å². The first-order chi connectivity index (χ1) is 7.79. The smallest absolute Gasteiger partial charge is 0.128 e. The van der Waals surface area contributed by atoms with Crippen LogP contribution < -0.4 is 10.6 Å². The highest BCUT2D eigenvalue weighted by atomic mass is 16.3. The molecule has 0 unspecified atom stereocenters. The molecule has 0 spiro atoms. The lowest BCUT2D eigenvalue weighted by atomic mass is 9.94. The number of nitrogens with zero attached hydrogens (tertiary/aromatic N) is 2. The Morgan fingerprint density at radius 2 is 2.12 bits per heavy atom. The third-order valence-corrected chi connectivity index (χ3v) is 3.25. The number of pyridine rings is 1. The molecule has 1 fully saturated rings. The summed E-state index contributed by atoms with van der Waals surface area (Å²) >= 11 is 0. The normalized spacial score (nSPS) is 17.7. The van der Waals surface area contributed by atoms with Crippen molar-refractivity contribution in [3.05, 3.63) is 18.3 Å². The van der Waals surface area contributed by atoms with E-state index in [-0.39, 0.29) is 0 Å². The molecular formula is C12H19N3O. The van der Waals surface area contributed by atoms with Gasteiger partial charge in [-0.15, -0.1) is 0 Å². The van der Waals surface area contributed by atoms with Crippen LogP contribution in [0.3, 0.4) is 0 Å². The summed E-state index contributed by atoms with van der Waals surface area (Å²) in [6, 6.07) is 3.86. The summed E-state index contributed by atoms with van der Waals surface area (Å²) in [6.45, 7) is 2.37. The van der Waals surface area contributed by atoms with Crippen LogP contribution in [0.1, 0.15) is 19.3 Å². The van der Waals surface area contributed by atoms with E-state index in [1.54, 1.807) is 6.20 Å². The molecule has 0 saturated carbocycles. The third-order valence-electron chi connectivity index (χ3n) is 3.25. The maximum absolute atomic E-state index is 8.89. The second kappa shape index (κ2) is 5.16. The van der Waals surface area contributed by atoms with E-state index in [0.717, 1.165) is 38.2 Å². The van der Waals surface area contributed by atoms with Gasteiger partial charge >= 0.3 is 0 Å². The standard InChI is InChI=1S/C12H19N3O/c13-11-1-2-12(14-9-11)15-6-3-10(4-7-15)5-8-16/h1-2,9-10,16H,3-8,13H2. The van der Waals surface area contributed by atoms with Crippen molar-refractivity contribution in [2.24, 2.45) is 5.92 Å². The summed E-state index contributed by atoms with van der Waals surface area (Å²) in [4.78, 5) is 6.61. The van der Waals surface area contributed by atoms with E-state index in [0.29, 0.717) is 18.2 Å². The quantitative estimate of drug-likeness (QED) is 0.806. The summed E-state index contributed by atoms with van der Waals surface area (Å²) in [7, 11) is 0. The van der Waals surface area contributed by atoms with Crippen LogP contribution >= 0.6 is 0 Å². The molecule has 3 N–H and O–H groups in total. The zero-order valence-electron chi connectivity index (χ0n) is 9.47. The zero-order chi connectivity index (χ0) is 11.4. The largest absolute Gasteiger partial charge is 0.397 e. The Bertz CT molecular complexity index is 318. The fourth-order valence-electron chi connectivity index (χ4n) is 2.22. The van der Waals surface area contributed by atoms with Gasteiger partial charge in [0.1, 0.15) is 5.82 Å². The summed E-state index contributed by atoms with van der Waals surface area (Å²) in [5.41, 5.74) is 6.32. The third kappa shape index (κ3) is 2.64. The number of aromatic nitrogens is 1. The van der Waals surface area contributed by atoms with Crippen LogP contribution in [-0.2, 0) is 0 Å². The number of hydrogen-bond donors (Lipinski definition) is 2. The average Bonchev–Trinajstić information content (AvgIpc) is 2.32. The van der Waals surface area contributed by atoms with Gasteiger partial charge in [0, 0.05) is 19.7 Å². The first-order valence-corrected chi connectivity index (χ1v) is 5.87. The van der Waals surface area contributed by atoms with Gasteiger partial charge in [-0.1, -0.05) is 0 Å². The van der Waals surface area contributed by atoms with E-state index in [2.05, 4.69) is 9.88 Å². The van der Waals surface area contributed by atoms with E-state index in [4.69, 9.17) is 10.8 Å². The first kappa shape index (κ1) is 11.2. The van der Waals surface area contributed by atoms with Crippen LogP contribution in [0.5, 0.6) is 0 Å². The summed E-state index contributed by atoms with van der Waals surface area (Å²) in [5, 5.41) is 8.89. The van der Waals surface area contributed by atoms with Crippen molar-refractivity contribution in [2.45, 2.75) is 19.3 Å². The monoisotopic (exact) mass is 221 g/mol. The minimum Gasteiger partial charge on any atom is -0.397 e. The lowest BCUT2D eigenvalue weighted by molar-refractivity contribution is 0.240. The topological polar surface area (TPSA) is 62.4 Å². The highest BCUT2D eigenvalue weighted by molar-refractivity contribution is 5.45. The van der Waals surface area contributed by atoms with Crippen LogP contribution in [-0.4, -0.2) is 29.8 Å². The number of aliphatic hydroxyl groups is 1. The minimum absolute atomic E-state index is 0.310. The maximum Gasteiger partial charge on any atom is 0.128 e. The van der Waals surface area contributed by atoms with Crippen LogP contribution in [0, 0.1) is 5.92 Å². The number of nitrogens with two attached hydrogens (primary N) is 1. The number of nitrogen functional groups attached to an aromatic ring is 1. The zero-order valence-corrected chi connectivity index (χ0v) is 9.47. The molecule has 4 nitrogen and oxygen atoms in total. The highest BCUT2D eigenvalue weighted by Crippen LogP contribution is 2.23. The molecule has 88 valence electrons. The second-order valence-corrected chi connectivity index (χ2v) is 4.39. The Labute approximate surface area is 96.1 Å². The fraction of sp³-hybridized carbons (Fsp3) is 0.583. The summed E-state index contributed by atoms with van der Waals surface area (Å²) in [5.74, 6) is 1.69. The van der Waals surface area contributed by atoms with Crippen molar-refractivity contribution in [1.29, 1.82) is 0 Å². The van der Waals surface area contributed by atoms with E-state index in [1.165, 1.54) is 0 Å². The molecule has 16 heavy (non-hydrogen) atoms. The molecule has 1 aliphatic heterocycles. The Hall–Kier alpha value is -1.29. The average molecular weight is 221 g/mol. The van der Waals surface area contributed by atoms with Crippen molar-refractivity contribution in [3.63, 3.8) is 0 Å². The van der Waals surface area contributed by atoms with Crippen LogP contribution in [0.25, 0.3) is 0 Å². The van der Waals surface area contributed by atoms with Crippen LogP contribution in [0.15, 0.2) is 18.3 Å². The van der Waals surface area contributed by atoms with Gasteiger partial charge in [-0.25, -0.2) is 4.98 Å². The van der Waals surface area contributed by atoms with Crippen molar-refractivity contribution < 1.29 is 5.11 Å². The van der Waals surface area contributed by atoms with E-state index < -0.39 is 0 Å². The number of anilines is 2. The van der Waals surface area contributed by atoms with Gasteiger partial charge in [-0.2, -0.15) is 0 Å². The molecule has 0 aromatic carbocycles. The molecule has 1 aromatic heterocycles. The van der Waals surface area contributed by atoms with Crippen molar-refractivity contribution in [2.75, 3.05) is 30.3 Å². The second-order valence-electron chi connectivity index (χ2n) is 4.39. The van der Waals surface area contributed by atoms with Gasteiger partial charge in [0.2, 0.25) is 0 Å². The van der Waals surface area contributed by atoms with Gasteiger partial charge < -0.3 is 15.7 Å². The van der Waals surface area contributed by atoms with Gasteiger partial charge in [-0.05, 0) is 37.3 Å². The summed E-state index contributed by atoms with van der Waals surface area (Å²) in [6.07, 6.45) is 4.93. The lowest BCUT2D eigenvalue weighted by Crippen LogP contribution is -2.34. The maximum atomic E-state index is 8.89. The predicted octanol–water partition coefficient (Wildman–Crippen LogP) is 1.26. The molecule has 1 aliphatic rings. The molecular weight excluding hydrogens is 202 g/mol. The first-order valence-electron chi connectivity index (χ1n) is 5.87. The number of rotatable bonds is 3. The molecule has 0 aliphatic carbocycles. The fourth-order valence-corrected chi connectivity index (χ4v) is 2.22. The molecule has 0 amide bonds. The number of aliphatic hydroxyl groups excluding tert-OH is 1. The summed E-state index contributed by atoms with van der Waals surface area (Å²) < 4.78 is 0. The molecule has 1 aromatic rings. The Kier molecular flexibility index (Phi) is 3.62. The highest BCUT2D eigenvalue weighted by Gasteiger charge is 2.19. The van der Waals surface area contributed by atoms with Crippen molar-refractivity contribution >= 4 is 11.5 Å². The van der Waals surface area contributed by atoms with Gasteiger partial charge in [0.15, 0.2) is 0 Å². The van der Waals surface area contributed by atoms with Gasteiger partial charge in [0.05, 0.1) is 11.9 Å². The van der Waals surface area contributed by atoms with Gasteiger partial charge in [-0.3, -0.25) is 0 Å². The Balaban J connectivity index is 1.91. The van der Waals surface area contributed by atoms with Crippen molar-refractivity contribution in [3.8, 4) is 0 Å². The molecule has 1 saturated heterocycles. The van der Waals surface area contributed by atoms with E-state index in [1.807, 2.05) is 12.1 Å².